The van der Waals surface area contributed by atoms with Crippen LogP contribution in [0, 0.1) is 6.92 Å². The predicted octanol–water partition coefficient (Wildman–Crippen LogP) is 3.89. The lowest BCUT2D eigenvalue weighted by atomic mass is 9.93. The van der Waals surface area contributed by atoms with Crippen molar-refractivity contribution in [1.82, 2.24) is 15.2 Å². The van der Waals surface area contributed by atoms with Gasteiger partial charge in [-0.1, -0.05) is 11.6 Å². The molecular weight excluding hydrogens is 568 g/mol. The van der Waals surface area contributed by atoms with Crippen LogP contribution in [-0.4, -0.2) is 66.2 Å². The number of aryl methyl sites for hydroxylation is 1. The average Bonchev–Trinajstić information content (AvgIpc) is 3.57. The Balaban J connectivity index is 1.18. The molecule has 3 aromatic rings. The lowest BCUT2D eigenvalue weighted by Gasteiger charge is -2.26. The predicted molar refractivity (Wildman–Crippen MR) is 158 cm³/mol. The van der Waals surface area contributed by atoms with Crippen molar-refractivity contribution in [2.45, 2.75) is 50.9 Å². The van der Waals surface area contributed by atoms with Crippen molar-refractivity contribution in [3.8, 4) is 11.4 Å². The van der Waals surface area contributed by atoms with Gasteiger partial charge >= 0.3 is 6.09 Å². The minimum atomic E-state index is -0.502. The summed E-state index contributed by atoms with van der Waals surface area (Å²) in [5.74, 6) is -0.0101. The number of ether oxygens (including phenoxy) is 2. The fraction of sp³-hybridized carbons (Fsp3) is 0.414. The number of aliphatic hydroxyl groups is 1. The Hall–Kier alpha value is -3.38. The minimum absolute atomic E-state index is 0.176. The first-order chi connectivity index (χ1) is 19.8. The molecule has 1 aromatic carbocycles. The van der Waals surface area contributed by atoms with E-state index in [9.17, 15) is 19.5 Å². The Morgan fingerprint density at radius 2 is 1.98 bits per heavy atom. The number of halogens is 1. The Labute approximate surface area is 246 Å². The zero-order chi connectivity index (χ0) is 28.9. The molecule has 1 saturated heterocycles. The highest BCUT2D eigenvalue weighted by molar-refractivity contribution is 7.18. The molecule has 0 spiro atoms. The van der Waals surface area contributed by atoms with E-state index in [-0.39, 0.29) is 36.4 Å². The first-order valence-electron chi connectivity index (χ1n) is 13.7. The van der Waals surface area contributed by atoms with Gasteiger partial charge in [0.2, 0.25) is 0 Å². The highest BCUT2D eigenvalue weighted by Gasteiger charge is 2.33. The molecule has 3 N–H and O–H groups in total. The van der Waals surface area contributed by atoms with E-state index in [2.05, 4.69) is 10.6 Å². The fourth-order valence-corrected chi connectivity index (χ4v) is 6.08. The van der Waals surface area contributed by atoms with Gasteiger partial charge in [0.05, 0.1) is 34.1 Å². The number of aliphatic hydroxyl groups excluding tert-OH is 1. The van der Waals surface area contributed by atoms with E-state index in [0.29, 0.717) is 39.8 Å². The van der Waals surface area contributed by atoms with Gasteiger partial charge in [0.15, 0.2) is 5.75 Å². The summed E-state index contributed by atoms with van der Waals surface area (Å²) in [6.07, 6.45) is 3.99. The Bertz CT molecular complexity index is 1450. The highest BCUT2D eigenvalue weighted by atomic mass is 35.5. The van der Waals surface area contributed by atoms with Crippen molar-refractivity contribution in [1.29, 1.82) is 0 Å². The normalized spacial score (nSPS) is 20.6. The number of pyridine rings is 1. The maximum absolute atomic E-state index is 13.2. The zero-order valence-electron chi connectivity index (χ0n) is 22.7. The van der Waals surface area contributed by atoms with Gasteiger partial charge in [-0.3, -0.25) is 19.1 Å². The van der Waals surface area contributed by atoms with Gasteiger partial charge in [-0.25, -0.2) is 4.79 Å². The van der Waals surface area contributed by atoms with E-state index in [1.807, 2.05) is 13.0 Å². The third-order valence-electron chi connectivity index (χ3n) is 7.31. The van der Waals surface area contributed by atoms with E-state index >= 15 is 0 Å². The number of hydrogen-bond donors (Lipinski definition) is 3. The summed E-state index contributed by atoms with van der Waals surface area (Å²) in [4.78, 5) is 40.1. The number of nitrogens with one attached hydrogen (secondary N) is 2. The van der Waals surface area contributed by atoms with Crippen LogP contribution in [0.1, 0.15) is 40.9 Å². The van der Waals surface area contributed by atoms with E-state index in [1.165, 1.54) is 20.8 Å². The third-order valence-corrected chi connectivity index (χ3v) is 8.54. The quantitative estimate of drug-likeness (QED) is 0.302. The molecular formula is C29H33ClN4O6S. The van der Waals surface area contributed by atoms with Crippen molar-refractivity contribution in [3.63, 3.8) is 0 Å². The van der Waals surface area contributed by atoms with Crippen LogP contribution < -0.4 is 25.8 Å². The molecule has 1 atom stereocenters. The minimum Gasteiger partial charge on any atom is -0.487 e. The van der Waals surface area contributed by atoms with Crippen LogP contribution in [0.4, 0.5) is 10.5 Å². The van der Waals surface area contributed by atoms with Gasteiger partial charge in [0, 0.05) is 24.5 Å². The van der Waals surface area contributed by atoms with Gasteiger partial charge in [0.25, 0.3) is 11.5 Å². The summed E-state index contributed by atoms with van der Waals surface area (Å²) in [6, 6.07) is 12.5. The molecule has 2 aliphatic rings. The summed E-state index contributed by atoms with van der Waals surface area (Å²) < 4.78 is 13.3. The first-order valence-corrected chi connectivity index (χ1v) is 14.9. The standard InChI is InChI=1S/C29H33ClN4O6S/c1-18-15-20(34-17-22(40-29(34)38)16-32-27(36)25-10-11-26(30)41-25)6-9-23(18)33-13-2-3-24(28(33)37)39-14-12-31-19-4-7-21(35)8-5-19/h2-3,6,9-11,13,15,19,21-22,31,35H,4-5,7-8,12,14,16-17H2,1H3,(H,32,36). The SMILES string of the molecule is Cc1cc(N2CC(CNC(=O)c3ccc(Cl)s3)OC2=O)ccc1-n1cccc(OCCNC2CCC(O)CC2)c1=O. The van der Waals surface area contributed by atoms with E-state index in [1.54, 1.807) is 42.6 Å². The number of nitrogens with zero attached hydrogens (tertiary/aromatic N) is 2. The number of carbonyl (C=O) groups is 2. The van der Waals surface area contributed by atoms with Gasteiger partial charge in [0.1, 0.15) is 12.7 Å². The maximum Gasteiger partial charge on any atom is 0.414 e. The topological polar surface area (TPSA) is 122 Å². The average molecular weight is 601 g/mol. The van der Waals surface area contributed by atoms with Crippen molar-refractivity contribution >= 4 is 40.6 Å². The van der Waals surface area contributed by atoms with Crippen LogP contribution in [0.2, 0.25) is 4.34 Å². The number of amides is 2. The number of cyclic esters (lactones) is 1. The second kappa shape index (κ2) is 13.1. The van der Waals surface area contributed by atoms with Crippen molar-refractivity contribution < 1.29 is 24.2 Å². The van der Waals surface area contributed by atoms with Gasteiger partial charge in [-0.2, -0.15) is 0 Å². The van der Waals surface area contributed by atoms with Crippen LogP contribution in [0.5, 0.6) is 5.75 Å². The van der Waals surface area contributed by atoms with Gasteiger partial charge < -0.3 is 25.2 Å². The van der Waals surface area contributed by atoms with Crippen LogP contribution >= 0.6 is 22.9 Å². The molecule has 5 rings (SSSR count). The van der Waals surface area contributed by atoms with Crippen molar-refractivity contribution in [2.75, 3.05) is 31.1 Å². The molecule has 1 unspecified atom stereocenters. The number of aromatic nitrogens is 1. The molecule has 2 fully saturated rings. The number of rotatable bonds is 10. The van der Waals surface area contributed by atoms with Gasteiger partial charge in [-0.05, 0) is 80.6 Å². The summed E-state index contributed by atoms with van der Waals surface area (Å²) >= 11 is 7.08. The van der Waals surface area contributed by atoms with Crippen molar-refractivity contribution in [2.24, 2.45) is 0 Å². The summed E-state index contributed by atoms with van der Waals surface area (Å²) in [5, 5.41) is 15.9. The molecule has 3 heterocycles. The smallest absolute Gasteiger partial charge is 0.414 e. The third kappa shape index (κ3) is 7.10. The van der Waals surface area contributed by atoms with Crippen LogP contribution in [0.3, 0.4) is 0 Å². The monoisotopic (exact) mass is 600 g/mol. The number of anilines is 1. The molecule has 41 heavy (non-hydrogen) atoms. The lowest BCUT2D eigenvalue weighted by Crippen LogP contribution is -2.37. The van der Waals surface area contributed by atoms with Crippen molar-refractivity contribution in [3.05, 3.63) is 73.8 Å². The molecule has 0 radical (unpaired) electrons. The summed E-state index contributed by atoms with van der Waals surface area (Å²) in [7, 11) is 0. The largest absolute Gasteiger partial charge is 0.487 e. The molecule has 1 saturated carbocycles. The summed E-state index contributed by atoms with van der Waals surface area (Å²) in [6.45, 7) is 3.30. The fourth-order valence-electron chi connectivity index (χ4n) is 5.12. The Morgan fingerprint density at radius 3 is 2.71 bits per heavy atom. The first kappa shape index (κ1) is 29.1. The number of carbonyl (C=O) groups excluding carboxylic acids is 2. The van der Waals surface area contributed by atoms with E-state index < -0.39 is 12.2 Å². The molecule has 218 valence electrons. The lowest BCUT2D eigenvalue weighted by molar-refractivity contribution is 0.0920. The molecule has 2 amide bonds. The molecule has 2 aromatic heterocycles. The highest BCUT2D eigenvalue weighted by Crippen LogP contribution is 2.26. The van der Waals surface area contributed by atoms with E-state index in [0.717, 1.165) is 31.2 Å². The molecule has 12 heteroatoms. The Morgan fingerprint density at radius 1 is 1.17 bits per heavy atom. The van der Waals surface area contributed by atoms with Crippen LogP contribution in [0.25, 0.3) is 5.69 Å². The molecule has 10 nitrogen and oxygen atoms in total. The second-order valence-corrected chi connectivity index (χ2v) is 12.0. The molecule has 1 aliphatic heterocycles. The Kier molecular flexibility index (Phi) is 9.29. The second-order valence-electron chi connectivity index (χ2n) is 10.3. The van der Waals surface area contributed by atoms with Gasteiger partial charge in [-0.15, -0.1) is 11.3 Å². The number of benzene rings is 1. The van der Waals surface area contributed by atoms with Crippen LogP contribution in [0.15, 0.2) is 53.5 Å². The van der Waals surface area contributed by atoms with Crippen LogP contribution in [-0.2, 0) is 4.74 Å². The maximum atomic E-state index is 13.2. The zero-order valence-corrected chi connectivity index (χ0v) is 24.2. The molecule has 0 bridgehead atoms. The number of hydrogen-bond acceptors (Lipinski definition) is 8. The number of thiophene rings is 1. The van der Waals surface area contributed by atoms with E-state index in [4.69, 9.17) is 21.1 Å². The summed E-state index contributed by atoms with van der Waals surface area (Å²) in [5.41, 5.74) is 1.83. The molecule has 1 aliphatic carbocycles.